The van der Waals surface area contributed by atoms with Gasteiger partial charge in [0.2, 0.25) is 0 Å². The number of nitrogens with one attached hydrogen (secondary N) is 1. The van der Waals surface area contributed by atoms with E-state index in [0.29, 0.717) is 25.2 Å². The van der Waals surface area contributed by atoms with Gasteiger partial charge in [-0.2, -0.15) is 10.2 Å². The maximum absolute atomic E-state index is 12.7. The molecule has 0 bridgehead atoms. The van der Waals surface area contributed by atoms with Crippen LogP contribution in [-0.2, 0) is 32.9 Å². The third-order valence-electron chi connectivity index (χ3n) is 4.53. The van der Waals surface area contributed by atoms with Gasteiger partial charge in [-0.25, -0.2) is 4.68 Å². The Bertz CT molecular complexity index is 820. The summed E-state index contributed by atoms with van der Waals surface area (Å²) in [4.78, 5) is 26.2. The summed E-state index contributed by atoms with van der Waals surface area (Å²) < 4.78 is 1.34. The third kappa shape index (κ3) is 1.96. The zero-order valence-electron chi connectivity index (χ0n) is 12.4. The highest BCUT2D eigenvalue weighted by molar-refractivity contribution is 5.94. The monoisotopic (exact) mass is 299 g/mol. The van der Waals surface area contributed by atoms with Gasteiger partial charge in [0.1, 0.15) is 0 Å². The summed E-state index contributed by atoms with van der Waals surface area (Å²) in [6.07, 6.45) is 3.63. The van der Waals surface area contributed by atoms with E-state index >= 15 is 0 Å². The van der Waals surface area contributed by atoms with Gasteiger partial charge < -0.3 is 4.90 Å². The molecule has 0 atom stereocenters. The van der Waals surface area contributed by atoms with E-state index in [1.165, 1.54) is 4.68 Å². The van der Waals surface area contributed by atoms with Gasteiger partial charge in [-0.15, -0.1) is 0 Å². The van der Waals surface area contributed by atoms with E-state index in [-0.39, 0.29) is 11.5 Å². The number of aromatic nitrogens is 4. The van der Waals surface area contributed by atoms with E-state index in [1.807, 2.05) is 0 Å². The molecule has 0 saturated carbocycles. The summed E-state index contributed by atoms with van der Waals surface area (Å²) in [5, 5.41) is 11.5. The number of rotatable bonds is 1. The van der Waals surface area contributed by atoms with E-state index in [4.69, 9.17) is 0 Å². The molecule has 7 nitrogen and oxygen atoms in total. The van der Waals surface area contributed by atoms with Gasteiger partial charge in [0.05, 0.1) is 5.69 Å². The number of fused-ring (bicyclic) bond motifs is 2. The van der Waals surface area contributed by atoms with Crippen LogP contribution in [0.5, 0.6) is 0 Å². The first-order chi connectivity index (χ1) is 10.6. The van der Waals surface area contributed by atoms with Crippen molar-refractivity contribution in [3.8, 4) is 0 Å². The largest absolute Gasteiger partial charge is 0.332 e. The predicted molar refractivity (Wildman–Crippen MR) is 78.5 cm³/mol. The standard InChI is InChI=1S/C15H17N5O2/c1-19-13(21)7-9-8-20(6-5-11(9)18-19)15(22)14-10-3-2-4-12(10)16-17-14/h7H,2-6,8H2,1H3,(H,16,17). The van der Waals surface area contributed by atoms with Crippen LogP contribution in [0.1, 0.15) is 39.4 Å². The quantitative estimate of drug-likeness (QED) is 0.815. The van der Waals surface area contributed by atoms with Gasteiger partial charge in [0.15, 0.2) is 5.69 Å². The number of carbonyl (C=O) groups excluding carboxylic acids is 1. The SMILES string of the molecule is Cn1nc2c(cc1=O)CN(C(=O)c1n[nH]c3c1CCC3)CC2. The molecule has 114 valence electrons. The second-order valence-corrected chi connectivity index (χ2v) is 5.94. The fourth-order valence-corrected chi connectivity index (χ4v) is 3.31. The maximum atomic E-state index is 12.7. The minimum Gasteiger partial charge on any atom is -0.332 e. The smallest absolute Gasteiger partial charge is 0.274 e. The topological polar surface area (TPSA) is 83.9 Å². The molecule has 0 fully saturated rings. The molecule has 0 aromatic carbocycles. The molecule has 0 spiro atoms. The van der Waals surface area contributed by atoms with Gasteiger partial charge in [-0.1, -0.05) is 0 Å². The molecule has 22 heavy (non-hydrogen) atoms. The van der Waals surface area contributed by atoms with E-state index < -0.39 is 0 Å². The fraction of sp³-hybridized carbons (Fsp3) is 0.467. The van der Waals surface area contributed by atoms with E-state index in [1.54, 1.807) is 18.0 Å². The van der Waals surface area contributed by atoms with Crippen LogP contribution in [0, 0.1) is 0 Å². The minimum absolute atomic E-state index is 0.0503. The Labute approximate surface area is 126 Å². The molecule has 0 saturated heterocycles. The zero-order valence-corrected chi connectivity index (χ0v) is 12.4. The van der Waals surface area contributed by atoms with Crippen LogP contribution in [0.2, 0.25) is 0 Å². The van der Waals surface area contributed by atoms with E-state index in [9.17, 15) is 9.59 Å². The highest BCUT2D eigenvalue weighted by atomic mass is 16.2. The molecule has 1 amide bonds. The van der Waals surface area contributed by atoms with Crippen LogP contribution in [0.25, 0.3) is 0 Å². The van der Waals surface area contributed by atoms with Crippen molar-refractivity contribution in [2.24, 2.45) is 7.05 Å². The Morgan fingerprint density at radius 1 is 1.32 bits per heavy atom. The molecule has 1 N–H and O–H groups in total. The Kier molecular flexibility index (Phi) is 2.88. The highest BCUT2D eigenvalue weighted by Gasteiger charge is 2.29. The number of carbonyl (C=O) groups is 1. The summed E-state index contributed by atoms with van der Waals surface area (Å²) in [5.74, 6) is -0.0503. The summed E-state index contributed by atoms with van der Waals surface area (Å²) >= 11 is 0. The number of aryl methyl sites for hydroxylation is 2. The first kappa shape index (κ1) is 13.2. The average molecular weight is 299 g/mol. The van der Waals surface area contributed by atoms with Crippen LogP contribution in [0.3, 0.4) is 0 Å². The lowest BCUT2D eigenvalue weighted by Gasteiger charge is -2.27. The third-order valence-corrected chi connectivity index (χ3v) is 4.53. The fourth-order valence-electron chi connectivity index (χ4n) is 3.31. The summed E-state index contributed by atoms with van der Waals surface area (Å²) in [6.45, 7) is 1.04. The van der Waals surface area contributed by atoms with Crippen molar-refractivity contribution in [2.45, 2.75) is 32.2 Å². The van der Waals surface area contributed by atoms with Crippen molar-refractivity contribution >= 4 is 5.91 Å². The molecule has 4 rings (SSSR count). The van der Waals surface area contributed by atoms with Crippen molar-refractivity contribution in [2.75, 3.05) is 6.54 Å². The number of amides is 1. The van der Waals surface area contributed by atoms with Gasteiger partial charge in [-0.3, -0.25) is 14.7 Å². The van der Waals surface area contributed by atoms with E-state index in [2.05, 4.69) is 15.3 Å². The van der Waals surface area contributed by atoms with Crippen LogP contribution in [0.4, 0.5) is 0 Å². The molecular formula is C15H17N5O2. The molecular weight excluding hydrogens is 282 g/mol. The van der Waals surface area contributed by atoms with Crippen molar-refractivity contribution in [1.29, 1.82) is 0 Å². The van der Waals surface area contributed by atoms with Gasteiger partial charge in [0, 0.05) is 49.4 Å². The van der Waals surface area contributed by atoms with Crippen LogP contribution in [-0.4, -0.2) is 37.3 Å². The Hall–Kier alpha value is -2.44. The predicted octanol–water partition coefficient (Wildman–Crippen LogP) is 0.191. The number of H-pyrrole nitrogens is 1. The van der Waals surface area contributed by atoms with Crippen molar-refractivity contribution in [3.63, 3.8) is 0 Å². The summed E-state index contributed by atoms with van der Waals surface area (Å²) in [5.41, 5.74) is 4.31. The molecule has 1 aliphatic carbocycles. The average Bonchev–Trinajstić information content (AvgIpc) is 3.10. The van der Waals surface area contributed by atoms with Crippen molar-refractivity contribution < 1.29 is 4.79 Å². The van der Waals surface area contributed by atoms with Crippen molar-refractivity contribution in [1.82, 2.24) is 24.9 Å². The Balaban J connectivity index is 1.63. The van der Waals surface area contributed by atoms with Crippen LogP contribution >= 0.6 is 0 Å². The zero-order chi connectivity index (χ0) is 15.3. The van der Waals surface area contributed by atoms with E-state index in [0.717, 1.165) is 41.8 Å². The van der Waals surface area contributed by atoms with Gasteiger partial charge >= 0.3 is 0 Å². The first-order valence-corrected chi connectivity index (χ1v) is 7.55. The molecule has 2 aliphatic rings. The number of aromatic amines is 1. The number of nitrogens with zero attached hydrogens (tertiary/aromatic N) is 4. The molecule has 7 heteroatoms. The normalized spacial score (nSPS) is 16.5. The summed E-state index contributed by atoms with van der Waals surface area (Å²) in [7, 11) is 1.65. The van der Waals surface area contributed by atoms with Gasteiger partial charge in [0.25, 0.3) is 11.5 Å². The molecule has 0 unspecified atom stereocenters. The molecule has 0 radical (unpaired) electrons. The first-order valence-electron chi connectivity index (χ1n) is 7.55. The van der Waals surface area contributed by atoms with Crippen LogP contribution in [0.15, 0.2) is 10.9 Å². The molecule has 3 heterocycles. The molecule has 2 aromatic rings. The minimum atomic E-state index is -0.145. The number of hydrogen-bond donors (Lipinski definition) is 1. The lowest BCUT2D eigenvalue weighted by Crippen LogP contribution is -2.38. The second-order valence-electron chi connectivity index (χ2n) is 5.94. The lowest BCUT2D eigenvalue weighted by atomic mass is 10.1. The molecule has 1 aliphatic heterocycles. The Morgan fingerprint density at radius 2 is 2.18 bits per heavy atom. The highest BCUT2D eigenvalue weighted by Crippen LogP contribution is 2.25. The Morgan fingerprint density at radius 3 is 3.05 bits per heavy atom. The summed E-state index contributed by atoms with van der Waals surface area (Å²) in [6, 6.07) is 1.58. The van der Waals surface area contributed by atoms with Crippen molar-refractivity contribution in [3.05, 3.63) is 44.6 Å². The maximum Gasteiger partial charge on any atom is 0.274 e. The second kappa shape index (κ2) is 4.79. The van der Waals surface area contributed by atoms with Gasteiger partial charge in [-0.05, 0) is 19.3 Å². The van der Waals surface area contributed by atoms with Crippen LogP contribution < -0.4 is 5.56 Å². The number of hydrogen-bond acceptors (Lipinski definition) is 4. The lowest BCUT2D eigenvalue weighted by molar-refractivity contribution is 0.0725. The molecule has 2 aromatic heterocycles.